The van der Waals surface area contributed by atoms with E-state index < -0.39 is 0 Å². The van der Waals surface area contributed by atoms with E-state index in [0.29, 0.717) is 0 Å². The summed E-state index contributed by atoms with van der Waals surface area (Å²) < 4.78 is 0. The van der Waals surface area contributed by atoms with Crippen LogP contribution >= 0.6 is 0 Å². The first kappa shape index (κ1) is 24.0. The fourth-order valence-corrected chi connectivity index (χ4v) is 2.79. The Labute approximate surface area is 122 Å². The van der Waals surface area contributed by atoms with Gasteiger partial charge in [0.2, 0.25) is 0 Å². The van der Waals surface area contributed by atoms with E-state index >= 15 is 0 Å². The lowest BCUT2D eigenvalue weighted by Crippen LogP contribution is -1.99. The van der Waals surface area contributed by atoms with E-state index in [1.807, 2.05) is 13.8 Å². The molecule has 2 fully saturated rings. The standard InChI is InChI=1S/C8H16.C7H14.C2H6.2H2O/c1-8-6-4-2-3-5-7-8;1-7-5-3-2-4-6-7;1-2;;/h8H,2-7H2,1H3;7H,2-6H2,1H3;1-2H3;2*1H2. The highest BCUT2D eigenvalue weighted by Gasteiger charge is 2.06. The monoisotopic (exact) mass is 276 g/mol. The molecule has 2 aliphatic rings. The van der Waals surface area contributed by atoms with Crippen LogP contribution in [0.4, 0.5) is 0 Å². The minimum Gasteiger partial charge on any atom is -0.412 e. The number of rotatable bonds is 0. The van der Waals surface area contributed by atoms with Crippen molar-refractivity contribution < 1.29 is 11.0 Å². The highest BCUT2D eigenvalue weighted by atomic mass is 16.0. The molecular formula is C17H40O2. The third-order valence-electron chi connectivity index (χ3n) is 4.04. The predicted octanol–water partition coefficient (Wildman–Crippen LogP) is 4.94. The van der Waals surface area contributed by atoms with E-state index in [-0.39, 0.29) is 11.0 Å². The quantitative estimate of drug-likeness (QED) is 0.563. The molecule has 0 aliphatic heterocycles. The molecule has 0 unspecified atom stereocenters. The van der Waals surface area contributed by atoms with Crippen molar-refractivity contribution in [3.8, 4) is 0 Å². The van der Waals surface area contributed by atoms with Gasteiger partial charge in [-0.05, 0) is 11.8 Å². The SMILES string of the molecule is CC.CC1CCCCC1.CC1CCCCCC1.O.O. The third kappa shape index (κ3) is 15.9. The molecule has 0 aromatic rings. The summed E-state index contributed by atoms with van der Waals surface area (Å²) in [7, 11) is 0. The molecule has 2 aliphatic carbocycles. The van der Waals surface area contributed by atoms with E-state index in [1.165, 1.54) is 70.6 Å². The molecule has 0 saturated heterocycles. The van der Waals surface area contributed by atoms with Crippen molar-refractivity contribution >= 4 is 0 Å². The first-order valence-corrected chi connectivity index (χ1v) is 8.29. The summed E-state index contributed by atoms with van der Waals surface area (Å²) in [6, 6.07) is 0. The van der Waals surface area contributed by atoms with Gasteiger partial charge >= 0.3 is 0 Å². The topological polar surface area (TPSA) is 63.0 Å². The summed E-state index contributed by atoms with van der Waals surface area (Å²) in [5.74, 6) is 2.06. The van der Waals surface area contributed by atoms with Crippen LogP contribution in [0.3, 0.4) is 0 Å². The molecule has 0 radical (unpaired) electrons. The molecule has 0 aromatic carbocycles. The summed E-state index contributed by atoms with van der Waals surface area (Å²) in [5.41, 5.74) is 0. The Balaban J connectivity index is -0.000000219. The Hall–Kier alpha value is -0.0800. The van der Waals surface area contributed by atoms with E-state index in [9.17, 15) is 0 Å². The van der Waals surface area contributed by atoms with E-state index in [0.717, 1.165) is 11.8 Å². The smallest absolute Gasteiger partial charge is 0.0443 e. The summed E-state index contributed by atoms with van der Waals surface area (Å²) >= 11 is 0. The molecular weight excluding hydrogens is 236 g/mol. The molecule has 120 valence electrons. The molecule has 19 heavy (non-hydrogen) atoms. The Morgan fingerprint density at radius 3 is 0.947 bits per heavy atom. The molecule has 0 aromatic heterocycles. The highest BCUT2D eigenvalue weighted by molar-refractivity contribution is 4.60. The molecule has 2 saturated carbocycles. The van der Waals surface area contributed by atoms with Gasteiger partial charge in [0.25, 0.3) is 0 Å². The second-order valence-electron chi connectivity index (χ2n) is 5.84. The zero-order chi connectivity index (χ0) is 12.9. The lowest BCUT2D eigenvalue weighted by atomic mass is 9.91. The van der Waals surface area contributed by atoms with Crippen LogP contribution in [-0.4, -0.2) is 11.0 Å². The van der Waals surface area contributed by atoms with Crippen molar-refractivity contribution in [2.24, 2.45) is 11.8 Å². The predicted molar refractivity (Wildman–Crippen MR) is 87.7 cm³/mol. The van der Waals surface area contributed by atoms with Gasteiger partial charge in [-0.25, -0.2) is 0 Å². The Morgan fingerprint density at radius 2 is 0.684 bits per heavy atom. The van der Waals surface area contributed by atoms with Gasteiger partial charge in [0.05, 0.1) is 0 Å². The van der Waals surface area contributed by atoms with Crippen LogP contribution in [0.25, 0.3) is 0 Å². The van der Waals surface area contributed by atoms with Crippen LogP contribution < -0.4 is 0 Å². The maximum atomic E-state index is 2.38. The molecule has 0 spiro atoms. The third-order valence-corrected chi connectivity index (χ3v) is 4.04. The minimum absolute atomic E-state index is 0. The normalized spacial score (nSPS) is 20.2. The van der Waals surface area contributed by atoms with E-state index in [1.54, 1.807) is 0 Å². The van der Waals surface area contributed by atoms with Crippen LogP contribution in [0.1, 0.15) is 98.3 Å². The Morgan fingerprint density at radius 1 is 0.474 bits per heavy atom. The van der Waals surface area contributed by atoms with Crippen LogP contribution in [0.2, 0.25) is 0 Å². The second-order valence-corrected chi connectivity index (χ2v) is 5.84. The van der Waals surface area contributed by atoms with Crippen molar-refractivity contribution in [3.63, 3.8) is 0 Å². The van der Waals surface area contributed by atoms with Crippen molar-refractivity contribution in [1.82, 2.24) is 0 Å². The van der Waals surface area contributed by atoms with Gasteiger partial charge in [-0.2, -0.15) is 0 Å². The molecule has 0 amide bonds. The molecule has 2 nitrogen and oxygen atoms in total. The number of hydrogen-bond donors (Lipinski definition) is 0. The lowest BCUT2D eigenvalue weighted by Gasteiger charge is -2.15. The minimum atomic E-state index is 0. The zero-order valence-electron chi connectivity index (χ0n) is 13.9. The molecule has 4 N–H and O–H groups in total. The lowest BCUT2D eigenvalue weighted by molar-refractivity contribution is 0.385. The van der Waals surface area contributed by atoms with Crippen LogP contribution in [0, 0.1) is 11.8 Å². The fourth-order valence-electron chi connectivity index (χ4n) is 2.79. The fraction of sp³-hybridized carbons (Fsp3) is 1.00. The second kappa shape index (κ2) is 17.9. The average molecular weight is 277 g/mol. The highest BCUT2D eigenvalue weighted by Crippen LogP contribution is 2.22. The summed E-state index contributed by atoms with van der Waals surface area (Å²) in [6.07, 6.45) is 16.4. The summed E-state index contributed by atoms with van der Waals surface area (Å²) in [6.45, 7) is 8.74. The van der Waals surface area contributed by atoms with Gasteiger partial charge in [0.1, 0.15) is 0 Å². The maximum absolute atomic E-state index is 2.38. The molecule has 2 heteroatoms. The molecule has 0 atom stereocenters. The number of hydrogen-bond acceptors (Lipinski definition) is 0. The van der Waals surface area contributed by atoms with E-state index in [2.05, 4.69) is 13.8 Å². The van der Waals surface area contributed by atoms with Crippen molar-refractivity contribution in [1.29, 1.82) is 0 Å². The Bertz CT molecular complexity index is 134. The van der Waals surface area contributed by atoms with Crippen LogP contribution in [-0.2, 0) is 0 Å². The molecule has 2 rings (SSSR count). The maximum Gasteiger partial charge on any atom is -0.0443 e. The van der Waals surface area contributed by atoms with Crippen molar-refractivity contribution in [2.75, 3.05) is 0 Å². The van der Waals surface area contributed by atoms with Gasteiger partial charge in [0.15, 0.2) is 0 Å². The van der Waals surface area contributed by atoms with Crippen LogP contribution in [0.5, 0.6) is 0 Å². The van der Waals surface area contributed by atoms with Gasteiger partial charge in [-0.3, -0.25) is 0 Å². The zero-order valence-corrected chi connectivity index (χ0v) is 13.9. The first-order chi connectivity index (χ1) is 8.29. The average Bonchev–Trinajstić information content (AvgIpc) is 2.61. The summed E-state index contributed by atoms with van der Waals surface area (Å²) in [5, 5.41) is 0. The molecule has 0 bridgehead atoms. The van der Waals surface area contributed by atoms with Crippen molar-refractivity contribution in [2.45, 2.75) is 98.3 Å². The summed E-state index contributed by atoms with van der Waals surface area (Å²) in [4.78, 5) is 0. The Kier molecular flexibility index (Phi) is 22.6. The van der Waals surface area contributed by atoms with Gasteiger partial charge in [0, 0.05) is 0 Å². The largest absolute Gasteiger partial charge is 0.412 e. The van der Waals surface area contributed by atoms with Gasteiger partial charge < -0.3 is 11.0 Å². The van der Waals surface area contributed by atoms with Gasteiger partial charge in [-0.1, -0.05) is 98.3 Å². The molecule has 0 heterocycles. The van der Waals surface area contributed by atoms with Gasteiger partial charge in [-0.15, -0.1) is 0 Å². The van der Waals surface area contributed by atoms with Crippen molar-refractivity contribution in [3.05, 3.63) is 0 Å². The first-order valence-electron chi connectivity index (χ1n) is 8.29. The van der Waals surface area contributed by atoms with Crippen LogP contribution in [0.15, 0.2) is 0 Å². The van der Waals surface area contributed by atoms with E-state index in [4.69, 9.17) is 0 Å².